The number of esters is 3. The molecule has 0 heterocycles. The number of rotatable bonds is 65. The summed E-state index contributed by atoms with van der Waals surface area (Å²) in [7, 11) is 0. The molecule has 0 radical (unpaired) electrons. The average Bonchev–Trinajstić information content (AvgIpc) is 3.44. The van der Waals surface area contributed by atoms with Crippen LogP contribution in [0.3, 0.4) is 0 Å². The van der Waals surface area contributed by atoms with Gasteiger partial charge in [-0.15, -0.1) is 0 Å². The van der Waals surface area contributed by atoms with Crippen molar-refractivity contribution < 1.29 is 28.6 Å². The van der Waals surface area contributed by atoms with Gasteiger partial charge in [-0.05, 0) is 70.6 Å². The number of ether oxygens (including phenoxy) is 3. The van der Waals surface area contributed by atoms with E-state index in [1.54, 1.807) is 0 Å². The lowest BCUT2D eigenvalue weighted by Gasteiger charge is -2.18. The van der Waals surface area contributed by atoms with E-state index in [1.807, 2.05) is 0 Å². The van der Waals surface area contributed by atoms with Crippen LogP contribution in [0.15, 0.2) is 36.5 Å². The molecular weight excluding hydrogens is 961 g/mol. The first-order valence-corrected chi connectivity index (χ1v) is 35.0. The van der Waals surface area contributed by atoms with Gasteiger partial charge in [-0.25, -0.2) is 0 Å². The van der Waals surface area contributed by atoms with Crippen LogP contribution in [0.1, 0.15) is 387 Å². The van der Waals surface area contributed by atoms with Crippen LogP contribution in [-0.2, 0) is 28.6 Å². The Morgan fingerprint density at radius 2 is 0.487 bits per heavy atom. The van der Waals surface area contributed by atoms with E-state index in [0.29, 0.717) is 19.3 Å². The van der Waals surface area contributed by atoms with Gasteiger partial charge in [0, 0.05) is 19.3 Å². The second-order valence-electron chi connectivity index (χ2n) is 23.8. The Bertz CT molecular complexity index is 1300. The molecule has 0 saturated carbocycles. The lowest BCUT2D eigenvalue weighted by molar-refractivity contribution is -0.167. The lowest BCUT2D eigenvalue weighted by atomic mass is 10.0. The summed E-state index contributed by atoms with van der Waals surface area (Å²) >= 11 is 0. The van der Waals surface area contributed by atoms with Gasteiger partial charge in [0.15, 0.2) is 6.10 Å². The maximum Gasteiger partial charge on any atom is 0.306 e. The van der Waals surface area contributed by atoms with Crippen molar-refractivity contribution in [2.75, 3.05) is 13.2 Å². The first-order valence-electron chi connectivity index (χ1n) is 35.0. The van der Waals surface area contributed by atoms with Crippen molar-refractivity contribution >= 4 is 17.9 Å². The van der Waals surface area contributed by atoms with Gasteiger partial charge in [-0.2, -0.15) is 0 Å². The van der Waals surface area contributed by atoms with Crippen molar-refractivity contribution in [3.05, 3.63) is 36.5 Å². The molecule has 0 aromatic heterocycles. The third-order valence-electron chi connectivity index (χ3n) is 15.8. The number of carbonyl (C=O) groups excluding carboxylic acids is 3. The fourth-order valence-electron chi connectivity index (χ4n) is 10.6. The SMILES string of the molecule is CCC/C=C\CCCCCCCC(=O)OCC(COC(=O)CCCCCCCCCCCCCCCCCCC/C=C\C/C=C\CCCCCCC)OC(=O)CCCCCCCCCCCCCCCCCCCCCCC. The first-order chi connectivity index (χ1) is 38.5. The van der Waals surface area contributed by atoms with Crippen LogP contribution < -0.4 is 0 Å². The van der Waals surface area contributed by atoms with Crippen LogP contribution in [-0.4, -0.2) is 37.2 Å². The standard InChI is InChI=1S/C72H134O6/c1-4-7-10-13-16-19-22-24-26-28-30-32-33-34-35-36-37-38-39-41-42-44-46-48-50-53-56-59-62-65-71(74)77-68-69(67-76-70(73)64-61-58-55-52-21-18-15-12-9-6-3)78-72(75)66-63-60-57-54-51-49-47-45-43-40-31-29-27-25-23-20-17-14-11-8-5-2/h12,15,22,24,28,30,69H,4-11,13-14,16-21,23,25-27,29,31-68H2,1-3H3/b15-12-,24-22-,30-28-. The van der Waals surface area contributed by atoms with Gasteiger partial charge >= 0.3 is 17.9 Å². The van der Waals surface area contributed by atoms with E-state index in [0.717, 1.165) is 77.0 Å². The van der Waals surface area contributed by atoms with E-state index in [-0.39, 0.29) is 31.1 Å². The molecule has 458 valence electrons. The lowest BCUT2D eigenvalue weighted by Crippen LogP contribution is -2.30. The minimum atomic E-state index is -0.772. The maximum absolute atomic E-state index is 12.9. The molecule has 0 N–H and O–H groups in total. The number of carbonyl (C=O) groups is 3. The summed E-state index contributed by atoms with van der Waals surface area (Å²) in [5, 5.41) is 0. The first kappa shape index (κ1) is 75.6. The van der Waals surface area contributed by atoms with E-state index < -0.39 is 6.10 Å². The highest BCUT2D eigenvalue weighted by atomic mass is 16.6. The molecule has 0 amide bonds. The fourth-order valence-corrected chi connectivity index (χ4v) is 10.6. The molecule has 0 aliphatic rings. The molecule has 0 aromatic rings. The Labute approximate surface area is 486 Å². The number of hydrogen-bond acceptors (Lipinski definition) is 6. The monoisotopic (exact) mass is 1100 g/mol. The molecule has 1 atom stereocenters. The van der Waals surface area contributed by atoms with Gasteiger partial charge in [0.1, 0.15) is 13.2 Å². The topological polar surface area (TPSA) is 78.9 Å². The summed E-state index contributed by atoms with van der Waals surface area (Å²) in [6, 6.07) is 0. The molecule has 6 nitrogen and oxygen atoms in total. The zero-order valence-corrected chi connectivity index (χ0v) is 52.7. The second-order valence-corrected chi connectivity index (χ2v) is 23.8. The van der Waals surface area contributed by atoms with E-state index >= 15 is 0 Å². The molecule has 0 fully saturated rings. The van der Waals surface area contributed by atoms with Crippen molar-refractivity contribution in [2.45, 2.75) is 393 Å². The van der Waals surface area contributed by atoms with Crippen molar-refractivity contribution in [1.82, 2.24) is 0 Å². The van der Waals surface area contributed by atoms with Gasteiger partial charge in [0.25, 0.3) is 0 Å². The van der Waals surface area contributed by atoms with Crippen LogP contribution in [0.5, 0.6) is 0 Å². The minimum absolute atomic E-state index is 0.0693. The van der Waals surface area contributed by atoms with Crippen molar-refractivity contribution in [3.63, 3.8) is 0 Å². The molecule has 0 bridgehead atoms. The van der Waals surface area contributed by atoms with Gasteiger partial charge in [0.2, 0.25) is 0 Å². The third-order valence-corrected chi connectivity index (χ3v) is 15.8. The summed E-state index contributed by atoms with van der Waals surface area (Å²) < 4.78 is 16.9. The highest BCUT2D eigenvalue weighted by Crippen LogP contribution is 2.18. The Kier molecular flexibility index (Phi) is 65.1. The van der Waals surface area contributed by atoms with Gasteiger partial charge in [-0.3, -0.25) is 14.4 Å². The summed E-state index contributed by atoms with van der Waals surface area (Å²) in [6.07, 6.45) is 83.3. The molecule has 1 unspecified atom stereocenters. The van der Waals surface area contributed by atoms with Crippen LogP contribution >= 0.6 is 0 Å². The molecular formula is C72H134O6. The second kappa shape index (κ2) is 67.1. The Morgan fingerprint density at radius 3 is 0.769 bits per heavy atom. The maximum atomic E-state index is 12.9. The fraction of sp³-hybridized carbons (Fsp3) is 0.875. The Morgan fingerprint density at radius 1 is 0.256 bits per heavy atom. The predicted molar refractivity (Wildman–Crippen MR) is 339 cm³/mol. The van der Waals surface area contributed by atoms with E-state index in [2.05, 4.69) is 57.2 Å². The average molecular weight is 1100 g/mol. The third kappa shape index (κ3) is 64.5. The number of hydrogen-bond donors (Lipinski definition) is 0. The van der Waals surface area contributed by atoms with E-state index in [9.17, 15) is 14.4 Å². The summed E-state index contributed by atoms with van der Waals surface area (Å²) in [6.45, 7) is 6.63. The summed E-state index contributed by atoms with van der Waals surface area (Å²) in [5.41, 5.74) is 0. The molecule has 0 aliphatic heterocycles. The Hall–Kier alpha value is -2.37. The smallest absolute Gasteiger partial charge is 0.306 e. The van der Waals surface area contributed by atoms with Gasteiger partial charge < -0.3 is 14.2 Å². The molecule has 0 aliphatic carbocycles. The van der Waals surface area contributed by atoms with Crippen LogP contribution in [0.4, 0.5) is 0 Å². The Balaban J connectivity index is 4.11. The van der Waals surface area contributed by atoms with Crippen molar-refractivity contribution in [3.8, 4) is 0 Å². The van der Waals surface area contributed by atoms with E-state index in [4.69, 9.17) is 14.2 Å². The minimum Gasteiger partial charge on any atom is -0.462 e. The van der Waals surface area contributed by atoms with Gasteiger partial charge in [-0.1, -0.05) is 333 Å². The molecule has 6 heteroatoms. The van der Waals surface area contributed by atoms with Crippen LogP contribution in [0.25, 0.3) is 0 Å². The zero-order chi connectivity index (χ0) is 56.4. The normalized spacial score (nSPS) is 12.2. The number of unbranched alkanes of at least 4 members (excludes halogenated alkanes) is 48. The van der Waals surface area contributed by atoms with Crippen LogP contribution in [0.2, 0.25) is 0 Å². The highest BCUT2D eigenvalue weighted by Gasteiger charge is 2.19. The largest absolute Gasteiger partial charge is 0.462 e. The van der Waals surface area contributed by atoms with Gasteiger partial charge in [0.05, 0.1) is 0 Å². The zero-order valence-electron chi connectivity index (χ0n) is 52.7. The quantitative estimate of drug-likeness (QED) is 0.0261. The molecule has 0 spiro atoms. The molecule has 78 heavy (non-hydrogen) atoms. The summed E-state index contributed by atoms with van der Waals surface area (Å²) in [4.78, 5) is 38.3. The predicted octanol–water partition coefficient (Wildman–Crippen LogP) is 23.9. The summed E-state index contributed by atoms with van der Waals surface area (Å²) in [5.74, 6) is -0.853. The highest BCUT2D eigenvalue weighted by molar-refractivity contribution is 5.71. The van der Waals surface area contributed by atoms with Crippen LogP contribution in [0, 0.1) is 0 Å². The van der Waals surface area contributed by atoms with Crippen molar-refractivity contribution in [1.29, 1.82) is 0 Å². The van der Waals surface area contributed by atoms with Crippen molar-refractivity contribution in [2.24, 2.45) is 0 Å². The van der Waals surface area contributed by atoms with E-state index in [1.165, 1.54) is 270 Å². The molecule has 0 saturated heterocycles. The number of allylic oxidation sites excluding steroid dienone is 6. The molecule has 0 rings (SSSR count). The molecule has 0 aromatic carbocycles.